The minimum absolute atomic E-state index is 0.0937. The fraction of sp³-hybridized carbons (Fsp3) is 0.412. The molecule has 2 rings (SSSR count). The van der Waals surface area contributed by atoms with Crippen molar-refractivity contribution >= 4 is 28.8 Å². The summed E-state index contributed by atoms with van der Waals surface area (Å²) >= 11 is 1.34. The molecule has 0 radical (unpaired) electrons. The first-order valence-corrected chi connectivity index (χ1v) is 8.00. The standard InChI is InChI=1S/C17H21N3O2S/c1-17(2,3)8-7-12-9-13(15(23-12)16(21)22-6)20(5)14-10-18-11-19(14)4/h9-11H,1-6H3. The van der Waals surface area contributed by atoms with E-state index in [1.165, 1.54) is 18.4 Å². The number of esters is 1. The largest absolute Gasteiger partial charge is 0.465 e. The van der Waals surface area contributed by atoms with Crippen LogP contribution in [0.25, 0.3) is 0 Å². The van der Waals surface area contributed by atoms with Crippen LogP contribution in [0.2, 0.25) is 0 Å². The summed E-state index contributed by atoms with van der Waals surface area (Å²) in [5, 5.41) is 0. The first kappa shape index (κ1) is 17.1. The van der Waals surface area contributed by atoms with Gasteiger partial charge in [-0.25, -0.2) is 9.78 Å². The lowest BCUT2D eigenvalue weighted by atomic mass is 9.98. The van der Waals surface area contributed by atoms with Crippen molar-refractivity contribution in [1.82, 2.24) is 9.55 Å². The van der Waals surface area contributed by atoms with Gasteiger partial charge in [-0.05, 0) is 26.8 Å². The van der Waals surface area contributed by atoms with Crippen LogP contribution in [-0.2, 0) is 11.8 Å². The molecule has 0 fully saturated rings. The minimum atomic E-state index is -0.358. The van der Waals surface area contributed by atoms with E-state index in [2.05, 4.69) is 37.6 Å². The number of methoxy groups -OCH3 is 1. The zero-order valence-corrected chi connectivity index (χ0v) is 15.1. The molecule has 6 heteroatoms. The number of carbonyl (C=O) groups is 1. The Morgan fingerprint density at radius 1 is 1.43 bits per heavy atom. The predicted molar refractivity (Wildman–Crippen MR) is 93.3 cm³/mol. The molecule has 23 heavy (non-hydrogen) atoms. The number of rotatable bonds is 3. The molecule has 5 nitrogen and oxygen atoms in total. The molecule has 0 aromatic carbocycles. The molecule has 0 aliphatic rings. The molecule has 0 saturated carbocycles. The molecular weight excluding hydrogens is 310 g/mol. The average molecular weight is 331 g/mol. The summed E-state index contributed by atoms with van der Waals surface area (Å²) in [5.41, 5.74) is 0.674. The Balaban J connectivity index is 2.48. The molecule has 122 valence electrons. The maximum Gasteiger partial charge on any atom is 0.350 e. The number of imidazole rings is 1. The molecule has 0 aliphatic heterocycles. The Kier molecular flexibility index (Phi) is 4.81. The maximum absolute atomic E-state index is 12.1. The number of nitrogens with zero attached hydrogens (tertiary/aromatic N) is 3. The molecular formula is C17H21N3O2S. The molecule has 0 N–H and O–H groups in total. The highest BCUT2D eigenvalue weighted by atomic mass is 32.1. The molecule has 2 heterocycles. The van der Waals surface area contributed by atoms with Crippen molar-refractivity contribution in [1.29, 1.82) is 0 Å². The highest BCUT2D eigenvalue weighted by molar-refractivity contribution is 7.15. The number of anilines is 2. The molecule has 0 bridgehead atoms. The fourth-order valence-corrected chi connectivity index (χ4v) is 2.94. The van der Waals surface area contributed by atoms with Crippen LogP contribution in [0, 0.1) is 17.3 Å². The zero-order valence-electron chi connectivity index (χ0n) is 14.3. The van der Waals surface area contributed by atoms with E-state index >= 15 is 0 Å². The van der Waals surface area contributed by atoms with Gasteiger partial charge in [0.15, 0.2) is 0 Å². The molecule has 0 atom stereocenters. The average Bonchev–Trinajstić information content (AvgIpc) is 3.09. The molecule has 0 aliphatic carbocycles. The molecule has 2 aromatic rings. The van der Waals surface area contributed by atoms with Crippen LogP contribution < -0.4 is 4.90 Å². The van der Waals surface area contributed by atoms with Crippen LogP contribution in [0.1, 0.15) is 35.3 Å². The molecule has 0 unspecified atom stereocenters. The number of aromatic nitrogens is 2. The van der Waals surface area contributed by atoms with Crippen LogP contribution in [0.15, 0.2) is 18.6 Å². The van der Waals surface area contributed by atoms with Crippen molar-refractivity contribution in [2.24, 2.45) is 12.5 Å². The van der Waals surface area contributed by atoms with Gasteiger partial charge in [0.05, 0.1) is 30.2 Å². The van der Waals surface area contributed by atoms with Gasteiger partial charge in [0.25, 0.3) is 0 Å². The number of hydrogen-bond acceptors (Lipinski definition) is 5. The fourth-order valence-electron chi connectivity index (χ4n) is 1.98. The zero-order chi connectivity index (χ0) is 17.2. The first-order chi connectivity index (χ1) is 10.7. The summed E-state index contributed by atoms with van der Waals surface area (Å²) in [6, 6.07) is 1.92. The second-order valence-corrected chi connectivity index (χ2v) is 7.29. The quantitative estimate of drug-likeness (QED) is 0.638. The Hall–Kier alpha value is -2.26. The van der Waals surface area contributed by atoms with Gasteiger partial charge in [-0.3, -0.25) is 0 Å². The Morgan fingerprint density at radius 2 is 2.13 bits per heavy atom. The van der Waals surface area contributed by atoms with Crippen LogP contribution in [0.3, 0.4) is 0 Å². The Morgan fingerprint density at radius 3 is 2.65 bits per heavy atom. The van der Waals surface area contributed by atoms with Crippen molar-refractivity contribution in [3.63, 3.8) is 0 Å². The van der Waals surface area contributed by atoms with Gasteiger partial charge in [-0.2, -0.15) is 0 Å². The highest BCUT2D eigenvalue weighted by Crippen LogP contribution is 2.34. The van der Waals surface area contributed by atoms with Crippen molar-refractivity contribution in [3.8, 4) is 11.8 Å². The van der Waals surface area contributed by atoms with Crippen molar-refractivity contribution < 1.29 is 9.53 Å². The molecule has 0 amide bonds. The number of aryl methyl sites for hydroxylation is 1. The SMILES string of the molecule is COC(=O)c1sc(C#CC(C)(C)C)cc1N(C)c1cncn1C. The summed E-state index contributed by atoms with van der Waals surface area (Å²) in [6.07, 6.45) is 3.47. The number of hydrogen-bond donors (Lipinski definition) is 0. The van der Waals surface area contributed by atoms with E-state index in [0.29, 0.717) is 4.88 Å². The lowest BCUT2D eigenvalue weighted by Crippen LogP contribution is -2.15. The smallest absolute Gasteiger partial charge is 0.350 e. The number of ether oxygens (including phenoxy) is 1. The van der Waals surface area contributed by atoms with E-state index in [4.69, 9.17) is 4.74 Å². The normalized spacial score (nSPS) is 10.9. The Bertz CT molecular complexity index is 772. The van der Waals surface area contributed by atoms with Crippen molar-refractivity contribution in [2.45, 2.75) is 20.8 Å². The van der Waals surface area contributed by atoms with Crippen LogP contribution >= 0.6 is 11.3 Å². The Labute approximate surface area is 140 Å². The molecule has 0 spiro atoms. The third-order valence-electron chi connectivity index (χ3n) is 3.14. The van der Waals surface area contributed by atoms with Gasteiger partial charge in [0.2, 0.25) is 0 Å². The summed E-state index contributed by atoms with van der Waals surface area (Å²) in [4.78, 5) is 19.5. The van der Waals surface area contributed by atoms with Gasteiger partial charge >= 0.3 is 5.97 Å². The minimum Gasteiger partial charge on any atom is -0.465 e. The van der Waals surface area contributed by atoms with E-state index in [1.807, 2.05) is 29.6 Å². The molecule has 2 aromatic heterocycles. The van der Waals surface area contributed by atoms with Gasteiger partial charge in [-0.1, -0.05) is 11.8 Å². The molecule has 0 saturated heterocycles. The second-order valence-electron chi connectivity index (χ2n) is 6.24. The summed E-state index contributed by atoms with van der Waals surface area (Å²) in [6.45, 7) is 6.16. The van der Waals surface area contributed by atoms with Gasteiger partial charge in [0.1, 0.15) is 10.7 Å². The first-order valence-electron chi connectivity index (χ1n) is 7.18. The van der Waals surface area contributed by atoms with Crippen molar-refractivity contribution in [3.05, 3.63) is 28.3 Å². The van der Waals surface area contributed by atoms with Gasteiger partial charge in [0, 0.05) is 19.5 Å². The summed E-state index contributed by atoms with van der Waals surface area (Å²) in [5.74, 6) is 6.86. The highest BCUT2D eigenvalue weighted by Gasteiger charge is 2.21. The number of carbonyl (C=O) groups excluding carboxylic acids is 1. The van der Waals surface area contributed by atoms with Crippen LogP contribution in [0.4, 0.5) is 11.5 Å². The second kappa shape index (κ2) is 6.47. The lowest BCUT2D eigenvalue weighted by Gasteiger charge is -2.18. The lowest BCUT2D eigenvalue weighted by molar-refractivity contribution is 0.0607. The van der Waals surface area contributed by atoms with E-state index in [-0.39, 0.29) is 11.4 Å². The van der Waals surface area contributed by atoms with Gasteiger partial charge in [-0.15, -0.1) is 11.3 Å². The summed E-state index contributed by atoms with van der Waals surface area (Å²) in [7, 11) is 5.19. The maximum atomic E-state index is 12.1. The van der Waals surface area contributed by atoms with E-state index in [9.17, 15) is 4.79 Å². The predicted octanol–water partition coefficient (Wildman–Crippen LogP) is 3.43. The monoisotopic (exact) mass is 331 g/mol. The van der Waals surface area contributed by atoms with Crippen molar-refractivity contribution in [2.75, 3.05) is 19.1 Å². The third kappa shape index (κ3) is 3.93. The van der Waals surface area contributed by atoms with Crippen LogP contribution in [-0.4, -0.2) is 29.7 Å². The van der Waals surface area contributed by atoms with Gasteiger partial charge < -0.3 is 14.2 Å². The van der Waals surface area contributed by atoms with Crippen LogP contribution in [0.5, 0.6) is 0 Å². The summed E-state index contributed by atoms with van der Waals surface area (Å²) < 4.78 is 6.80. The number of thiophene rings is 1. The third-order valence-corrected chi connectivity index (χ3v) is 4.16. The topological polar surface area (TPSA) is 47.4 Å². The van der Waals surface area contributed by atoms with E-state index in [1.54, 1.807) is 12.5 Å². The van der Waals surface area contributed by atoms with E-state index < -0.39 is 0 Å². The van der Waals surface area contributed by atoms with E-state index in [0.717, 1.165) is 16.4 Å².